The number of nitrogens with one attached hydrogen (secondary N) is 1. The molecule has 0 bridgehead atoms. The van der Waals surface area contributed by atoms with Crippen molar-refractivity contribution in [1.29, 1.82) is 0 Å². The van der Waals surface area contributed by atoms with Crippen molar-refractivity contribution in [3.63, 3.8) is 0 Å². The van der Waals surface area contributed by atoms with E-state index in [1.807, 2.05) is 6.92 Å². The number of hydrogen-bond acceptors (Lipinski definition) is 5. The van der Waals surface area contributed by atoms with E-state index in [-0.39, 0.29) is 5.54 Å². The summed E-state index contributed by atoms with van der Waals surface area (Å²) >= 11 is 1.72. The molecule has 18 heavy (non-hydrogen) atoms. The summed E-state index contributed by atoms with van der Waals surface area (Å²) in [6.07, 6.45) is 2.97. The van der Waals surface area contributed by atoms with E-state index in [1.54, 1.807) is 11.3 Å². The predicted molar refractivity (Wildman–Crippen MR) is 76.2 cm³/mol. The van der Waals surface area contributed by atoms with Gasteiger partial charge in [0.15, 0.2) is 0 Å². The molecule has 0 saturated carbocycles. The lowest BCUT2D eigenvalue weighted by Crippen LogP contribution is -2.37. The van der Waals surface area contributed by atoms with Crippen molar-refractivity contribution in [2.75, 3.05) is 19.8 Å². The molecule has 1 aromatic rings. The summed E-state index contributed by atoms with van der Waals surface area (Å²) < 4.78 is 5.31. The van der Waals surface area contributed by atoms with Crippen LogP contribution in [0.1, 0.15) is 44.1 Å². The predicted octanol–water partition coefficient (Wildman–Crippen LogP) is 2.44. The first-order valence-electron chi connectivity index (χ1n) is 6.65. The van der Waals surface area contributed by atoms with Crippen LogP contribution in [0.15, 0.2) is 0 Å². The van der Waals surface area contributed by atoms with Crippen LogP contribution in [0.5, 0.6) is 0 Å². The van der Waals surface area contributed by atoms with Gasteiger partial charge in [-0.1, -0.05) is 0 Å². The monoisotopic (exact) mass is 271 g/mol. The summed E-state index contributed by atoms with van der Waals surface area (Å²) in [6.45, 7) is 11.1. The SMILES string of the molecule is CCOCCCc1nnc(CCNC(C)(C)C)s1. The van der Waals surface area contributed by atoms with Crippen LogP contribution in [0.25, 0.3) is 0 Å². The zero-order valence-corrected chi connectivity index (χ0v) is 12.8. The van der Waals surface area contributed by atoms with Crippen molar-refractivity contribution in [3.05, 3.63) is 10.0 Å². The average Bonchev–Trinajstić information content (AvgIpc) is 2.71. The van der Waals surface area contributed by atoms with Crippen LogP contribution < -0.4 is 5.32 Å². The number of hydrogen-bond donors (Lipinski definition) is 1. The van der Waals surface area contributed by atoms with Gasteiger partial charge >= 0.3 is 0 Å². The first-order chi connectivity index (χ1) is 8.51. The normalized spacial score (nSPS) is 12.0. The highest BCUT2D eigenvalue weighted by atomic mass is 32.1. The van der Waals surface area contributed by atoms with E-state index in [9.17, 15) is 0 Å². The highest BCUT2D eigenvalue weighted by molar-refractivity contribution is 7.11. The van der Waals surface area contributed by atoms with Gasteiger partial charge in [-0.2, -0.15) is 0 Å². The van der Waals surface area contributed by atoms with Crippen LogP contribution in [-0.4, -0.2) is 35.5 Å². The molecule has 0 aliphatic heterocycles. The van der Waals surface area contributed by atoms with Crippen LogP contribution in [-0.2, 0) is 17.6 Å². The van der Waals surface area contributed by atoms with Crippen molar-refractivity contribution < 1.29 is 4.74 Å². The molecule has 4 nitrogen and oxygen atoms in total. The van der Waals surface area contributed by atoms with E-state index >= 15 is 0 Å². The molecule has 1 rings (SSSR count). The molecule has 0 saturated heterocycles. The molecule has 0 aliphatic carbocycles. The molecular weight excluding hydrogens is 246 g/mol. The van der Waals surface area contributed by atoms with E-state index in [4.69, 9.17) is 4.74 Å². The smallest absolute Gasteiger partial charge is 0.118 e. The van der Waals surface area contributed by atoms with Gasteiger partial charge in [-0.3, -0.25) is 0 Å². The Morgan fingerprint density at radius 2 is 1.83 bits per heavy atom. The van der Waals surface area contributed by atoms with E-state index in [0.717, 1.165) is 49.0 Å². The van der Waals surface area contributed by atoms with Gasteiger partial charge in [-0.15, -0.1) is 21.5 Å². The Morgan fingerprint density at radius 3 is 2.44 bits per heavy atom. The van der Waals surface area contributed by atoms with Crippen LogP contribution in [0.2, 0.25) is 0 Å². The van der Waals surface area contributed by atoms with Crippen molar-refractivity contribution in [2.24, 2.45) is 0 Å². The largest absolute Gasteiger partial charge is 0.382 e. The van der Waals surface area contributed by atoms with E-state index < -0.39 is 0 Å². The van der Waals surface area contributed by atoms with Crippen LogP contribution in [0.4, 0.5) is 0 Å². The minimum absolute atomic E-state index is 0.172. The van der Waals surface area contributed by atoms with Gasteiger partial charge in [0.1, 0.15) is 10.0 Å². The van der Waals surface area contributed by atoms with Gasteiger partial charge in [-0.25, -0.2) is 0 Å². The lowest BCUT2D eigenvalue weighted by atomic mass is 10.1. The molecule has 1 aromatic heterocycles. The summed E-state index contributed by atoms with van der Waals surface area (Å²) in [7, 11) is 0. The van der Waals surface area contributed by atoms with Gasteiger partial charge < -0.3 is 10.1 Å². The van der Waals surface area contributed by atoms with E-state index in [1.165, 1.54) is 0 Å². The first kappa shape index (κ1) is 15.5. The zero-order chi connectivity index (χ0) is 13.4. The second-order valence-electron chi connectivity index (χ2n) is 5.32. The Kier molecular flexibility index (Phi) is 6.75. The summed E-state index contributed by atoms with van der Waals surface area (Å²) in [6, 6.07) is 0. The first-order valence-corrected chi connectivity index (χ1v) is 7.47. The Morgan fingerprint density at radius 1 is 1.17 bits per heavy atom. The third-order valence-electron chi connectivity index (χ3n) is 2.39. The van der Waals surface area contributed by atoms with Gasteiger partial charge in [0, 0.05) is 38.1 Å². The molecule has 0 unspecified atom stereocenters. The summed E-state index contributed by atoms with van der Waals surface area (Å²) in [5.74, 6) is 0. The van der Waals surface area contributed by atoms with Crippen molar-refractivity contribution in [3.8, 4) is 0 Å². The molecule has 0 fully saturated rings. The second-order valence-corrected chi connectivity index (χ2v) is 6.46. The fourth-order valence-electron chi connectivity index (χ4n) is 1.50. The summed E-state index contributed by atoms with van der Waals surface area (Å²) in [5, 5.41) is 14.1. The Labute approximate surface area is 114 Å². The molecule has 1 N–H and O–H groups in total. The maximum Gasteiger partial charge on any atom is 0.118 e. The molecule has 5 heteroatoms. The quantitative estimate of drug-likeness (QED) is 0.738. The number of rotatable bonds is 8. The van der Waals surface area contributed by atoms with E-state index in [2.05, 4.69) is 36.3 Å². The topological polar surface area (TPSA) is 47.0 Å². The van der Waals surface area contributed by atoms with Gasteiger partial charge in [0.2, 0.25) is 0 Å². The molecule has 0 spiro atoms. The third kappa shape index (κ3) is 7.03. The molecular formula is C13H25N3OS. The minimum Gasteiger partial charge on any atom is -0.382 e. The molecule has 104 valence electrons. The molecule has 0 aliphatic rings. The van der Waals surface area contributed by atoms with Crippen LogP contribution in [0.3, 0.4) is 0 Å². The Balaban J connectivity index is 2.21. The van der Waals surface area contributed by atoms with Gasteiger partial charge in [0.25, 0.3) is 0 Å². The number of nitrogens with zero attached hydrogens (tertiary/aromatic N) is 2. The molecule has 0 radical (unpaired) electrons. The standard InChI is InChI=1S/C13H25N3OS/c1-5-17-10-6-7-11-15-16-12(18-11)8-9-14-13(2,3)4/h14H,5-10H2,1-4H3. The summed E-state index contributed by atoms with van der Waals surface area (Å²) in [5.41, 5.74) is 0.172. The number of ether oxygens (including phenoxy) is 1. The fraction of sp³-hybridized carbons (Fsp3) is 0.846. The molecule has 1 heterocycles. The average molecular weight is 271 g/mol. The van der Waals surface area contributed by atoms with Crippen molar-refractivity contribution in [2.45, 2.75) is 52.5 Å². The maximum absolute atomic E-state index is 5.31. The Bertz CT molecular complexity index is 333. The molecule has 0 aromatic carbocycles. The number of aryl methyl sites for hydroxylation is 1. The van der Waals surface area contributed by atoms with Gasteiger partial charge in [-0.05, 0) is 34.1 Å². The zero-order valence-electron chi connectivity index (χ0n) is 12.0. The fourth-order valence-corrected chi connectivity index (χ4v) is 2.39. The second kappa shape index (κ2) is 7.81. The van der Waals surface area contributed by atoms with Crippen molar-refractivity contribution >= 4 is 11.3 Å². The van der Waals surface area contributed by atoms with Crippen molar-refractivity contribution in [1.82, 2.24) is 15.5 Å². The lowest BCUT2D eigenvalue weighted by Gasteiger charge is -2.19. The third-order valence-corrected chi connectivity index (χ3v) is 3.43. The Hall–Kier alpha value is -0.520. The molecule has 0 atom stereocenters. The lowest BCUT2D eigenvalue weighted by molar-refractivity contribution is 0.145. The number of aromatic nitrogens is 2. The summed E-state index contributed by atoms with van der Waals surface area (Å²) in [4.78, 5) is 0. The highest BCUT2D eigenvalue weighted by Crippen LogP contribution is 2.12. The highest BCUT2D eigenvalue weighted by Gasteiger charge is 2.09. The van der Waals surface area contributed by atoms with Crippen LogP contribution >= 0.6 is 11.3 Å². The molecule has 0 amide bonds. The van der Waals surface area contributed by atoms with E-state index in [0.29, 0.717) is 0 Å². The maximum atomic E-state index is 5.31. The minimum atomic E-state index is 0.172. The van der Waals surface area contributed by atoms with Crippen LogP contribution in [0, 0.1) is 0 Å². The van der Waals surface area contributed by atoms with Gasteiger partial charge in [0.05, 0.1) is 0 Å².